The third-order valence-electron chi connectivity index (χ3n) is 9.25. The number of benzene rings is 2. The number of hydrogen-bond donors (Lipinski definition) is 0. The van der Waals surface area contributed by atoms with Crippen LogP contribution in [0.2, 0.25) is 0 Å². The summed E-state index contributed by atoms with van der Waals surface area (Å²) in [6.45, 7) is 8.50. The summed E-state index contributed by atoms with van der Waals surface area (Å²) in [6, 6.07) is 17.7. The normalized spacial score (nSPS) is 20.4. The molecular weight excluding hydrogens is 538 g/mol. The Morgan fingerprint density at radius 2 is 2.02 bits per heavy atom. The van der Waals surface area contributed by atoms with Crippen molar-refractivity contribution in [2.24, 2.45) is 0 Å². The maximum atomic E-state index is 12.4. The molecule has 1 amide bonds. The van der Waals surface area contributed by atoms with Gasteiger partial charge < -0.3 is 24.3 Å². The molecule has 9 nitrogen and oxygen atoms in total. The molecule has 0 radical (unpaired) electrons. The maximum Gasteiger partial charge on any atom is 0.246 e. The van der Waals surface area contributed by atoms with E-state index in [2.05, 4.69) is 81.8 Å². The number of likely N-dealkylation sites (tertiary alicyclic amines) is 1. The second-order valence-electron chi connectivity index (χ2n) is 11.7. The number of nitrogens with zero attached hydrogens (tertiary/aromatic N) is 7. The van der Waals surface area contributed by atoms with Crippen molar-refractivity contribution >= 4 is 28.1 Å². The number of amides is 1. The lowest BCUT2D eigenvalue weighted by Gasteiger charge is -2.41. The largest absolute Gasteiger partial charge is 0.475 e. The van der Waals surface area contributed by atoms with Crippen molar-refractivity contribution < 1.29 is 9.53 Å². The van der Waals surface area contributed by atoms with Gasteiger partial charge in [0.1, 0.15) is 18.2 Å². The average Bonchev–Trinajstić information content (AvgIpc) is 3.46. The van der Waals surface area contributed by atoms with Crippen LogP contribution in [0.15, 0.2) is 55.3 Å². The quantitative estimate of drug-likeness (QED) is 0.386. The van der Waals surface area contributed by atoms with E-state index < -0.39 is 0 Å². The maximum absolute atomic E-state index is 12.4. The Bertz CT molecular complexity index is 1620. The summed E-state index contributed by atoms with van der Waals surface area (Å²) in [5, 5.41) is 21.9. The first kappa shape index (κ1) is 28.5. The second-order valence-corrected chi connectivity index (χ2v) is 11.7. The lowest BCUT2D eigenvalue weighted by molar-refractivity contribution is -0.128. The Hall–Kier alpha value is -4.60. The van der Waals surface area contributed by atoms with E-state index in [1.807, 2.05) is 6.20 Å². The SMILES string of the molecule is C=CC(=O)N1CCN(c2ccc3cccc(N4CCc5cnc(OC[C@@H]6CCCN6C)c(C#N)c5C4)c3c2)C[C@@H]1CC#N. The summed E-state index contributed by atoms with van der Waals surface area (Å²) in [5.41, 5.74) is 4.83. The summed E-state index contributed by atoms with van der Waals surface area (Å²) in [6.07, 6.45) is 6.56. The number of carbonyl (C=O) groups is 1. The third kappa shape index (κ3) is 5.61. The minimum atomic E-state index is -0.183. The molecule has 2 saturated heterocycles. The fourth-order valence-corrected chi connectivity index (χ4v) is 6.78. The number of anilines is 2. The van der Waals surface area contributed by atoms with Crippen LogP contribution in [0.3, 0.4) is 0 Å². The van der Waals surface area contributed by atoms with Crippen LogP contribution in [0.4, 0.5) is 11.4 Å². The van der Waals surface area contributed by atoms with E-state index in [0.717, 1.165) is 59.2 Å². The highest BCUT2D eigenvalue weighted by atomic mass is 16.5. The van der Waals surface area contributed by atoms with E-state index in [0.29, 0.717) is 50.3 Å². The van der Waals surface area contributed by atoms with Crippen LogP contribution in [-0.4, -0.2) is 79.2 Å². The monoisotopic (exact) mass is 575 g/mol. The first-order valence-electron chi connectivity index (χ1n) is 15.1. The number of likely N-dealkylation sites (N-methyl/N-ethyl adjacent to an activating group) is 1. The van der Waals surface area contributed by atoms with Crippen LogP contribution in [0.5, 0.6) is 5.88 Å². The van der Waals surface area contributed by atoms with Gasteiger partial charge in [-0.2, -0.15) is 10.5 Å². The summed E-state index contributed by atoms with van der Waals surface area (Å²) in [5.74, 6) is 0.307. The number of aromatic nitrogens is 1. The number of fused-ring (bicyclic) bond motifs is 2. The van der Waals surface area contributed by atoms with E-state index >= 15 is 0 Å². The molecule has 1 aromatic heterocycles. The smallest absolute Gasteiger partial charge is 0.246 e. The molecule has 2 fully saturated rings. The molecule has 0 bridgehead atoms. The van der Waals surface area contributed by atoms with Crippen LogP contribution in [0.1, 0.15) is 36.0 Å². The first-order chi connectivity index (χ1) is 21.0. The van der Waals surface area contributed by atoms with Crippen molar-refractivity contribution in [2.75, 3.05) is 56.2 Å². The van der Waals surface area contributed by atoms with Crippen molar-refractivity contribution in [1.29, 1.82) is 10.5 Å². The third-order valence-corrected chi connectivity index (χ3v) is 9.25. The Morgan fingerprint density at radius 1 is 1.14 bits per heavy atom. The second kappa shape index (κ2) is 12.3. The fraction of sp³-hybridized carbons (Fsp3) is 0.412. The van der Waals surface area contributed by atoms with Crippen LogP contribution in [0, 0.1) is 22.7 Å². The van der Waals surface area contributed by atoms with Crippen LogP contribution < -0.4 is 14.5 Å². The van der Waals surface area contributed by atoms with Crippen molar-refractivity contribution in [3.63, 3.8) is 0 Å². The van der Waals surface area contributed by atoms with Gasteiger partial charge in [-0.3, -0.25) is 4.79 Å². The highest BCUT2D eigenvalue weighted by molar-refractivity contribution is 5.96. The minimum absolute atomic E-state index is 0.127. The number of piperazine rings is 1. The molecule has 3 aromatic rings. The molecule has 0 aliphatic carbocycles. The van der Waals surface area contributed by atoms with E-state index in [-0.39, 0.29) is 18.4 Å². The zero-order valence-corrected chi connectivity index (χ0v) is 24.7. The van der Waals surface area contributed by atoms with E-state index in [1.54, 1.807) is 4.90 Å². The van der Waals surface area contributed by atoms with Gasteiger partial charge in [0.05, 0.1) is 18.5 Å². The predicted octanol–water partition coefficient (Wildman–Crippen LogP) is 4.26. The summed E-state index contributed by atoms with van der Waals surface area (Å²) < 4.78 is 6.15. The number of hydrogen-bond acceptors (Lipinski definition) is 8. The standard InChI is InChI=1S/C34H37N7O2/c1-3-33(42)41-17-16-39(21-27(41)11-13-35)26-10-9-24-6-4-8-32(29(24)18-26)40-15-12-25-20-37-34(30(19-36)31(25)22-40)43-23-28-7-5-14-38(28)2/h3-4,6,8-10,18,20,27-28H,1,5,7,11-12,14-17,21-23H2,2H3/t27-,28-/m0/s1. The highest BCUT2D eigenvalue weighted by Crippen LogP contribution is 2.36. The zero-order chi connectivity index (χ0) is 29.9. The number of nitriles is 2. The summed E-state index contributed by atoms with van der Waals surface area (Å²) in [7, 11) is 2.12. The van der Waals surface area contributed by atoms with Crippen LogP contribution >= 0.6 is 0 Å². The number of pyridine rings is 1. The molecule has 220 valence electrons. The summed E-state index contributed by atoms with van der Waals surface area (Å²) >= 11 is 0. The van der Waals surface area contributed by atoms with E-state index in [4.69, 9.17) is 4.74 Å². The van der Waals surface area contributed by atoms with Crippen molar-refractivity contribution in [1.82, 2.24) is 14.8 Å². The van der Waals surface area contributed by atoms with Gasteiger partial charge in [0, 0.05) is 61.7 Å². The summed E-state index contributed by atoms with van der Waals surface area (Å²) in [4.78, 5) is 25.6. The molecular formula is C34H37N7O2. The van der Waals surface area contributed by atoms with Crippen molar-refractivity contribution in [2.45, 2.75) is 44.3 Å². The van der Waals surface area contributed by atoms with Crippen LogP contribution in [0.25, 0.3) is 10.8 Å². The van der Waals surface area contributed by atoms with Gasteiger partial charge in [0.25, 0.3) is 0 Å². The molecule has 2 aromatic carbocycles. The van der Waals surface area contributed by atoms with Crippen molar-refractivity contribution in [3.05, 3.63) is 71.9 Å². The van der Waals surface area contributed by atoms with Gasteiger partial charge in [-0.05, 0) is 73.6 Å². The Morgan fingerprint density at radius 3 is 2.79 bits per heavy atom. The molecule has 9 heteroatoms. The van der Waals surface area contributed by atoms with Crippen molar-refractivity contribution in [3.8, 4) is 18.0 Å². The zero-order valence-electron chi connectivity index (χ0n) is 24.7. The van der Waals surface area contributed by atoms with Gasteiger partial charge in [0.2, 0.25) is 11.8 Å². The molecule has 2 atom stereocenters. The highest BCUT2D eigenvalue weighted by Gasteiger charge is 2.30. The molecule has 43 heavy (non-hydrogen) atoms. The van der Waals surface area contributed by atoms with Gasteiger partial charge in [-0.15, -0.1) is 0 Å². The molecule has 6 rings (SSSR count). The average molecular weight is 576 g/mol. The molecule has 0 saturated carbocycles. The first-order valence-corrected chi connectivity index (χ1v) is 15.1. The van der Waals surface area contributed by atoms with Gasteiger partial charge in [0.15, 0.2) is 0 Å². The van der Waals surface area contributed by atoms with E-state index in [1.165, 1.54) is 12.5 Å². The molecule has 0 unspecified atom stereocenters. The topological polar surface area (TPSA) is 99.7 Å². The van der Waals surface area contributed by atoms with E-state index in [9.17, 15) is 15.3 Å². The van der Waals surface area contributed by atoms with Crippen LogP contribution in [-0.2, 0) is 17.8 Å². The van der Waals surface area contributed by atoms with Gasteiger partial charge >= 0.3 is 0 Å². The molecule has 4 heterocycles. The van der Waals surface area contributed by atoms with Gasteiger partial charge in [-0.25, -0.2) is 4.98 Å². The van der Waals surface area contributed by atoms with Gasteiger partial charge in [-0.1, -0.05) is 24.8 Å². The Balaban J connectivity index is 1.26. The number of rotatable bonds is 7. The number of carbonyl (C=O) groups excluding carboxylic acids is 1. The molecule has 0 N–H and O–H groups in total. The molecule has 0 spiro atoms. The fourth-order valence-electron chi connectivity index (χ4n) is 6.78. The Kier molecular flexibility index (Phi) is 8.18. The Labute approximate surface area is 253 Å². The predicted molar refractivity (Wildman–Crippen MR) is 167 cm³/mol. The molecule has 3 aliphatic heterocycles. The lowest BCUT2D eigenvalue weighted by Crippen LogP contribution is -2.54. The lowest BCUT2D eigenvalue weighted by atomic mass is 9.96. The minimum Gasteiger partial charge on any atom is -0.475 e. The number of ether oxygens (including phenoxy) is 1. The molecule has 3 aliphatic rings.